The van der Waals surface area contributed by atoms with Crippen LogP contribution in [-0.4, -0.2) is 63.7 Å². The molecule has 5 nitrogen and oxygen atoms in total. The Morgan fingerprint density at radius 3 is 1.80 bits per heavy atom. The van der Waals surface area contributed by atoms with Crippen LogP contribution in [0.4, 0.5) is 0 Å². The first-order valence-corrected chi connectivity index (χ1v) is 18.8. The lowest BCUT2D eigenvalue weighted by molar-refractivity contribution is -0.149. The lowest BCUT2D eigenvalue weighted by Crippen LogP contribution is -2.55. The van der Waals surface area contributed by atoms with Gasteiger partial charge in [-0.3, -0.25) is 0 Å². The summed E-state index contributed by atoms with van der Waals surface area (Å²) in [5.41, 5.74) is 6.45. The van der Waals surface area contributed by atoms with Crippen molar-refractivity contribution in [1.29, 1.82) is 0 Å². The molecule has 1 aliphatic rings. The lowest BCUT2D eigenvalue weighted by Gasteiger charge is -2.46. The SMILES string of the molecule is CCCCOC[C@H]1S[C@@H](c2cc(Cc3ccc(CC)cc3)c(C)cc2OC)[C@H](OCCCC)[C@@H](OCCCC)[C@@H]1OCCCC. The topological polar surface area (TPSA) is 46.2 Å². The van der Waals surface area contributed by atoms with Gasteiger partial charge in [-0.2, -0.15) is 0 Å². The van der Waals surface area contributed by atoms with Crippen LogP contribution >= 0.6 is 11.8 Å². The highest BCUT2D eigenvalue weighted by molar-refractivity contribution is 8.00. The van der Waals surface area contributed by atoms with Crippen LogP contribution in [0.25, 0.3) is 0 Å². The number of hydrogen-bond donors (Lipinski definition) is 0. The molecule has 254 valence electrons. The number of ether oxygens (including phenoxy) is 5. The van der Waals surface area contributed by atoms with Gasteiger partial charge in [0, 0.05) is 32.0 Å². The zero-order valence-corrected chi connectivity index (χ0v) is 30.2. The summed E-state index contributed by atoms with van der Waals surface area (Å²) in [6.45, 7) is 16.8. The number of thioether (sulfide) groups is 1. The number of benzene rings is 2. The zero-order valence-electron chi connectivity index (χ0n) is 29.4. The number of methoxy groups -OCH3 is 1. The molecule has 5 atom stereocenters. The largest absolute Gasteiger partial charge is 0.496 e. The minimum absolute atomic E-state index is 0.0241. The molecule has 0 aromatic heterocycles. The van der Waals surface area contributed by atoms with Crippen LogP contribution in [0, 0.1) is 6.92 Å². The number of hydrogen-bond acceptors (Lipinski definition) is 6. The van der Waals surface area contributed by atoms with Crippen LogP contribution in [0.3, 0.4) is 0 Å². The van der Waals surface area contributed by atoms with E-state index in [9.17, 15) is 0 Å². The molecule has 0 amide bonds. The zero-order chi connectivity index (χ0) is 32.4. The second-order valence-corrected chi connectivity index (χ2v) is 13.8. The van der Waals surface area contributed by atoms with E-state index in [0.717, 1.165) is 83.2 Å². The molecule has 6 heteroatoms. The molecule has 1 fully saturated rings. The van der Waals surface area contributed by atoms with Crippen LogP contribution in [-0.2, 0) is 31.8 Å². The predicted molar refractivity (Wildman–Crippen MR) is 190 cm³/mol. The fourth-order valence-electron chi connectivity index (χ4n) is 5.86. The standard InChI is InChI=1S/C39H62O5S/c1-8-13-21-41-28-35-36(42-22-14-9-2)37(43-23-15-10-3)38(44-24-16-11-4)39(45-35)33-27-32(29(6)25-34(33)40-7)26-31-19-17-30(12-5)18-20-31/h17-20,25,27,35-39H,8-16,21-24,26,28H2,1-7H3/t35-,36-,37+,38-,39+/m1/s1. The van der Waals surface area contributed by atoms with Gasteiger partial charge in [-0.1, -0.05) is 90.6 Å². The normalized spacial score (nSPS) is 21.7. The smallest absolute Gasteiger partial charge is 0.123 e. The summed E-state index contributed by atoms with van der Waals surface area (Å²) in [5.74, 6) is 0.919. The first-order valence-electron chi connectivity index (χ1n) is 17.8. The summed E-state index contributed by atoms with van der Waals surface area (Å²) >= 11 is 1.94. The number of unbranched alkanes of at least 4 members (excludes halogenated alkanes) is 4. The summed E-state index contributed by atoms with van der Waals surface area (Å²) in [4.78, 5) is 0. The minimum atomic E-state index is -0.188. The van der Waals surface area contributed by atoms with E-state index in [0.29, 0.717) is 19.8 Å². The maximum atomic E-state index is 6.85. The molecular weight excluding hydrogens is 580 g/mol. The van der Waals surface area contributed by atoms with Gasteiger partial charge in [0.2, 0.25) is 0 Å². The first kappa shape index (κ1) is 37.9. The molecule has 2 aromatic rings. The van der Waals surface area contributed by atoms with Crippen LogP contribution in [0.15, 0.2) is 36.4 Å². The molecule has 0 aliphatic carbocycles. The van der Waals surface area contributed by atoms with Crippen molar-refractivity contribution in [3.05, 3.63) is 64.2 Å². The second kappa shape index (κ2) is 21.3. The highest BCUT2D eigenvalue weighted by atomic mass is 32.2. The average molecular weight is 643 g/mol. The molecule has 0 spiro atoms. The van der Waals surface area contributed by atoms with Crippen LogP contribution in [0.1, 0.15) is 119 Å². The van der Waals surface area contributed by atoms with Crippen molar-refractivity contribution >= 4 is 11.8 Å². The maximum absolute atomic E-state index is 6.85. The van der Waals surface area contributed by atoms with Gasteiger partial charge in [-0.05, 0) is 73.8 Å². The highest BCUT2D eigenvalue weighted by Crippen LogP contribution is 2.49. The molecule has 0 saturated carbocycles. The van der Waals surface area contributed by atoms with Crippen molar-refractivity contribution in [3.63, 3.8) is 0 Å². The highest BCUT2D eigenvalue weighted by Gasteiger charge is 2.49. The fourth-order valence-corrected chi connectivity index (χ4v) is 7.52. The van der Waals surface area contributed by atoms with Gasteiger partial charge < -0.3 is 23.7 Å². The average Bonchev–Trinajstić information content (AvgIpc) is 3.05. The van der Waals surface area contributed by atoms with E-state index in [4.69, 9.17) is 23.7 Å². The molecule has 45 heavy (non-hydrogen) atoms. The molecule has 0 N–H and O–H groups in total. The molecule has 1 aliphatic heterocycles. The number of aryl methyl sites for hydroxylation is 2. The van der Waals surface area contributed by atoms with E-state index in [1.54, 1.807) is 7.11 Å². The van der Waals surface area contributed by atoms with E-state index in [2.05, 4.69) is 77.9 Å². The summed E-state index contributed by atoms with van der Waals surface area (Å²) in [6, 6.07) is 13.7. The van der Waals surface area contributed by atoms with Crippen molar-refractivity contribution in [1.82, 2.24) is 0 Å². The monoisotopic (exact) mass is 642 g/mol. The minimum Gasteiger partial charge on any atom is -0.496 e. The first-order chi connectivity index (χ1) is 22.0. The predicted octanol–water partition coefficient (Wildman–Crippen LogP) is 9.69. The van der Waals surface area contributed by atoms with Crippen molar-refractivity contribution in [3.8, 4) is 5.75 Å². The van der Waals surface area contributed by atoms with E-state index in [1.807, 2.05) is 11.8 Å². The Labute approximate surface area is 279 Å². The summed E-state index contributed by atoms with van der Waals surface area (Å²) in [5, 5.41) is 0.147. The van der Waals surface area contributed by atoms with Crippen LogP contribution in [0.5, 0.6) is 5.75 Å². The Hall–Kier alpha value is -1.57. The van der Waals surface area contributed by atoms with Gasteiger partial charge in [0.05, 0.1) is 24.2 Å². The van der Waals surface area contributed by atoms with Gasteiger partial charge in [0.1, 0.15) is 24.1 Å². The third-order valence-corrected chi connectivity index (χ3v) is 10.4. The van der Waals surface area contributed by atoms with Crippen LogP contribution < -0.4 is 4.74 Å². The van der Waals surface area contributed by atoms with Gasteiger partial charge >= 0.3 is 0 Å². The Morgan fingerprint density at radius 1 is 0.667 bits per heavy atom. The quantitative estimate of drug-likeness (QED) is 0.119. The third kappa shape index (κ3) is 11.6. The molecule has 0 radical (unpaired) electrons. The van der Waals surface area contributed by atoms with Crippen molar-refractivity contribution in [2.45, 2.75) is 135 Å². The van der Waals surface area contributed by atoms with Crippen LogP contribution in [0.2, 0.25) is 0 Å². The van der Waals surface area contributed by atoms with E-state index in [1.165, 1.54) is 27.8 Å². The fraction of sp³-hybridized carbons (Fsp3) is 0.692. The van der Waals surface area contributed by atoms with Crippen molar-refractivity contribution in [2.75, 3.05) is 40.1 Å². The summed E-state index contributed by atoms with van der Waals surface area (Å²) < 4.78 is 32.8. The Balaban J connectivity index is 2.06. The van der Waals surface area contributed by atoms with E-state index in [-0.39, 0.29) is 28.8 Å². The van der Waals surface area contributed by atoms with Gasteiger partial charge in [0.15, 0.2) is 0 Å². The summed E-state index contributed by atoms with van der Waals surface area (Å²) in [6.07, 6.45) is 10.0. The molecule has 2 aromatic carbocycles. The molecule has 1 heterocycles. The Bertz CT molecular complexity index is 1070. The maximum Gasteiger partial charge on any atom is 0.123 e. The third-order valence-electron chi connectivity index (χ3n) is 8.80. The van der Waals surface area contributed by atoms with E-state index < -0.39 is 0 Å². The molecule has 1 saturated heterocycles. The lowest BCUT2D eigenvalue weighted by atomic mass is 9.91. The van der Waals surface area contributed by atoms with Gasteiger partial charge in [-0.15, -0.1) is 11.8 Å². The molecule has 0 unspecified atom stereocenters. The molecule has 0 bridgehead atoms. The van der Waals surface area contributed by atoms with Crippen molar-refractivity contribution < 1.29 is 23.7 Å². The Kier molecular flexibility index (Phi) is 18.0. The molecular formula is C39H62O5S. The van der Waals surface area contributed by atoms with Crippen molar-refractivity contribution in [2.24, 2.45) is 0 Å². The summed E-state index contributed by atoms with van der Waals surface area (Å²) in [7, 11) is 1.79. The Morgan fingerprint density at radius 2 is 1.22 bits per heavy atom. The number of rotatable bonds is 22. The van der Waals surface area contributed by atoms with Gasteiger partial charge in [0.25, 0.3) is 0 Å². The van der Waals surface area contributed by atoms with Gasteiger partial charge in [-0.25, -0.2) is 0 Å². The second-order valence-electron chi connectivity index (χ2n) is 12.5. The molecule has 3 rings (SSSR count). The van der Waals surface area contributed by atoms with E-state index >= 15 is 0 Å².